The summed E-state index contributed by atoms with van der Waals surface area (Å²) in [6, 6.07) is 20.2. The van der Waals surface area contributed by atoms with Gasteiger partial charge in [0.1, 0.15) is 17.8 Å². The van der Waals surface area contributed by atoms with Crippen molar-refractivity contribution in [3.8, 4) is 11.3 Å². The lowest BCUT2D eigenvalue weighted by Gasteiger charge is -2.15. The lowest BCUT2D eigenvalue weighted by Crippen LogP contribution is -2.09. The number of carbonyl (C=O) groups excluding carboxylic acids is 1. The highest BCUT2D eigenvalue weighted by molar-refractivity contribution is 5.93. The van der Waals surface area contributed by atoms with Gasteiger partial charge in [-0.2, -0.15) is 0 Å². The molecule has 0 fully saturated rings. The van der Waals surface area contributed by atoms with Gasteiger partial charge in [-0.05, 0) is 30.7 Å². The van der Waals surface area contributed by atoms with Crippen LogP contribution in [0.5, 0.6) is 0 Å². The summed E-state index contributed by atoms with van der Waals surface area (Å²) in [6.07, 6.45) is 2.00. The second-order valence-electron chi connectivity index (χ2n) is 6.93. The molecule has 1 amide bonds. The first-order valence-electron chi connectivity index (χ1n) is 9.69. The number of aromatic nitrogens is 3. The molecule has 3 N–H and O–H groups in total. The van der Waals surface area contributed by atoms with Gasteiger partial charge in [-0.3, -0.25) is 4.79 Å². The number of hydrogen-bond donors (Lipinski definition) is 3. The summed E-state index contributed by atoms with van der Waals surface area (Å²) in [5.74, 6) is 0.773. The molecule has 0 bridgehead atoms. The topological polar surface area (TPSA) is 82.7 Å². The first-order valence-corrected chi connectivity index (χ1v) is 9.69. The Balaban J connectivity index is 1.64. The number of H-pyrrole nitrogens is 1. The summed E-state index contributed by atoms with van der Waals surface area (Å²) in [7, 11) is 0. The van der Waals surface area contributed by atoms with E-state index < -0.39 is 0 Å². The van der Waals surface area contributed by atoms with Crippen LogP contribution >= 0.6 is 0 Å². The minimum absolute atomic E-state index is 0.00829. The third-order valence-corrected chi connectivity index (χ3v) is 4.86. The molecule has 0 aliphatic heterocycles. The lowest BCUT2D eigenvalue weighted by molar-refractivity contribution is -0.115. The van der Waals surface area contributed by atoms with Crippen molar-refractivity contribution in [2.24, 2.45) is 0 Å². The Morgan fingerprint density at radius 3 is 2.69 bits per heavy atom. The van der Waals surface area contributed by atoms with E-state index in [9.17, 15) is 4.79 Å². The van der Waals surface area contributed by atoms with Crippen LogP contribution in [0.25, 0.3) is 22.3 Å². The number of benzene rings is 2. The summed E-state index contributed by atoms with van der Waals surface area (Å²) in [4.78, 5) is 23.9. The number of nitrogens with one attached hydrogen (secondary N) is 3. The zero-order valence-corrected chi connectivity index (χ0v) is 16.4. The highest BCUT2D eigenvalue weighted by Crippen LogP contribution is 2.29. The molecule has 0 spiro atoms. The summed E-state index contributed by atoms with van der Waals surface area (Å²) >= 11 is 0. The van der Waals surface area contributed by atoms with Gasteiger partial charge in [0, 0.05) is 29.4 Å². The van der Waals surface area contributed by atoms with E-state index in [1.54, 1.807) is 6.33 Å². The first-order chi connectivity index (χ1) is 14.1. The van der Waals surface area contributed by atoms with Crippen LogP contribution in [0, 0.1) is 0 Å². The fourth-order valence-corrected chi connectivity index (χ4v) is 3.25. The predicted octanol–water partition coefficient (Wildman–Crippen LogP) is 5.15. The Morgan fingerprint density at radius 2 is 1.90 bits per heavy atom. The van der Waals surface area contributed by atoms with Gasteiger partial charge in [0.05, 0.1) is 5.39 Å². The second-order valence-corrected chi connectivity index (χ2v) is 6.93. The van der Waals surface area contributed by atoms with Crippen LogP contribution in [0.3, 0.4) is 0 Å². The maximum Gasteiger partial charge on any atom is 0.224 e. The Labute approximate surface area is 169 Å². The number of anilines is 2. The van der Waals surface area contributed by atoms with Crippen LogP contribution in [0.15, 0.2) is 67.0 Å². The van der Waals surface area contributed by atoms with E-state index in [0.717, 1.165) is 33.8 Å². The number of amides is 1. The van der Waals surface area contributed by atoms with E-state index in [4.69, 9.17) is 0 Å². The first kappa shape index (κ1) is 18.7. The molecule has 0 saturated carbocycles. The van der Waals surface area contributed by atoms with Crippen LogP contribution in [0.4, 0.5) is 11.5 Å². The van der Waals surface area contributed by atoms with E-state index in [2.05, 4.69) is 44.6 Å². The number of aromatic amines is 1. The largest absolute Gasteiger partial charge is 0.363 e. The quantitative estimate of drug-likeness (QED) is 0.429. The summed E-state index contributed by atoms with van der Waals surface area (Å²) < 4.78 is 0. The number of carbonyl (C=O) groups is 1. The standard InChI is InChI=1S/C23H23N5O/c1-3-21(29)27-18-11-7-10-17(12-18)20-13-19-22(24-14-25-23(19)28-20)26-15(2)16-8-5-4-6-9-16/h4-15H,3H2,1-2H3,(H,27,29)(H2,24,25,26,28). The van der Waals surface area contributed by atoms with Gasteiger partial charge in [0.25, 0.3) is 0 Å². The number of hydrogen-bond acceptors (Lipinski definition) is 4. The average molecular weight is 385 g/mol. The third-order valence-electron chi connectivity index (χ3n) is 4.86. The Kier molecular flexibility index (Phi) is 5.24. The molecule has 6 heteroatoms. The molecule has 0 aliphatic rings. The van der Waals surface area contributed by atoms with Crippen molar-refractivity contribution in [1.29, 1.82) is 0 Å². The smallest absolute Gasteiger partial charge is 0.224 e. The molecule has 1 unspecified atom stereocenters. The fourth-order valence-electron chi connectivity index (χ4n) is 3.25. The zero-order chi connectivity index (χ0) is 20.2. The van der Waals surface area contributed by atoms with Gasteiger partial charge < -0.3 is 15.6 Å². The van der Waals surface area contributed by atoms with Gasteiger partial charge in [0.2, 0.25) is 5.91 Å². The SMILES string of the molecule is CCC(=O)Nc1cccc(-c2cc3c(NC(C)c4ccccc4)ncnc3[nH]2)c1. The van der Waals surface area contributed by atoms with Crippen molar-refractivity contribution in [2.45, 2.75) is 26.3 Å². The molecule has 2 heterocycles. The van der Waals surface area contributed by atoms with E-state index in [1.807, 2.05) is 55.5 Å². The van der Waals surface area contributed by atoms with Gasteiger partial charge in [-0.25, -0.2) is 9.97 Å². The Morgan fingerprint density at radius 1 is 1.07 bits per heavy atom. The molecule has 29 heavy (non-hydrogen) atoms. The van der Waals surface area contributed by atoms with Gasteiger partial charge >= 0.3 is 0 Å². The van der Waals surface area contributed by atoms with Crippen LogP contribution in [-0.4, -0.2) is 20.9 Å². The van der Waals surface area contributed by atoms with Crippen molar-refractivity contribution in [1.82, 2.24) is 15.0 Å². The molecular formula is C23H23N5O. The molecule has 2 aromatic heterocycles. The third kappa shape index (κ3) is 4.11. The minimum Gasteiger partial charge on any atom is -0.363 e. The summed E-state index contributed by atoms with van der Waals surface area (Å²) in [6.45, 7) is 3.94. The van der Waals surface area contributed by atoms with Crippen molar-refractivity contribution in [2.75, 3.05) is 10.6 Å². The molecule has 4 rings (SSSR count). The second kappa shape index (κ2) is 8.14. The molecule has 0 saturated heterocycles. The maximum atomic E-state index is 11.7. The number of fused-ring (bicyclic) bond motifs is 1. The highest BCUT2D eigenvalue weighted by Gasteiger charge is 2.13. The molecule has 146 valence electrons. The zero-order valence-electron chi connectivity index (χ0n) is 16.4. The van der Waals surface area contributed by atoms with E-state index in [-0.39, 0.29) is 11.9 Å². The average Bonchev–Trinajstić information content (AvgIpc) is 3.20. The van der Waals surface area contributed by atoms with Crippen LogP contribution < -0.4 is 10.6 Å². The molecule has 1 atom stereocenters. The highest BCUT2D eigenvalue weighted by atomic mass is 16.1. The Hall–Kier alpha value is -3.67. The van der Waals surface area contributed by atoms with Crippen LogP contribution in [0.1, 0.15) is 31.9 Å². The van der Waals surface area contributed by atoms with E-state index >= 15 is 0 Å². The van der Waals surface area contributed by atoms with Gasteiger partial charge in [0.15, 0.2) is 0 Å². The predicted molar refractivity (Wildman–Crippen MR) is 117 cm³/mol. The van der Waals surface area contributed by atoms with Crippen molar-refractivity contribution in [3.63, 3.8) is 0 Å². The number of nitrogens with zero attached hydrogens (tertiary/aromatic N) is 2. The van der Waals surface area contributed by atoms with Crippen LogP contribution in [0.2, 0.25) is 0 Å². The summed E-state index contributed by atoms with van der Waals surface area (Å²) in [5.41, 5.74) is 4.62. The van der Waals surface area contributed by atoms with Crippen molar-refractivity contribution < 1.29 is 4.79 Å². The number of rotatable bonds is 6. The van der Waals surface area contributed by atoms with E-state index in [0.29, 0.717) is 6.42 Å². The molecule has 4 aromatic rings. The Bertz CT molecular complexity index is 1140. The minimum atomic E-state index is -0.00829. The normalized spacial score (nSPS) is 11.9. The molecule has 0 radical (unpaired) electrons. The summed E-state index contributed by atoms with van der Waals surface area (Å²) in [5, 5.41) is 7.31. The van der Waals surface area contributed by atoms with Gasteiger partial charge in [-0.1, -0.05) is 49.4 Å². The molecule has 0 aliphatic carbocycles. The fraction of sp³-hybridized carbons (Fsp3) is 0.174. The van der Waals surface area contributed by atoms with Crippen molar-refractivity contribution >= 4 is 28.4 Å². The van der Waals surface area contributed by atoms with Crippen molar-refractivity contribution in [3.05, 3.63) is 72.6 Å². The molecule has 6 nitrogen and oxygen atoms in total. The monoisotopic (exact) mass is 385 g/mol. The van der Waals surface area contributed by atoms with E-state index in [1.165, 1.54) is 5.56 Å². The molecule has 2 aromatic carbocycles. The van der Waals surface area contributed by atoms with Crippen LogP contribution in [-0.2, 0) is 4.79 Å². The molecular weight excluding hydrogens is 362 g/mol. The lowest BCUT2D eigenvalue weighted by atomic mass is 10.1. The maximum absolute atomic E-state index is 11.7. The van der Waals surface area contributed by atoms with Gasteiger partial charge in [-0.15, -0.1) is 0 Å².